The van der Waals surface area contributed by atoms with E-state index in [2.05, 4.69) is 19.1 Å². The molecular weight excluding hydrogens is 355 g/mol. The standard InChI is InChI=1S/C23H27FN2O2/c1-16-3-2-4-17(13-16)14-26-12-10-22(23(26)28)25-11-9-20(21(24)15-25)18-5-7-19(27)8-6-18/h2-8,13,20-22,27H,9-12,14-15H2,1H3. The number of hydrogen-bond donors (Lipinski definition) is 1. The van der Waals surface area contributed by atoms with Crippen molar-refractivity contribution in [2.75, 3.05) is 19.6 Å². The van der Waals surface area contributed by atoms with Gasteiger partial charge in [-0.2, -0.15) is 0 Å². The molecule has 3 unspecified atom stereocenters. The number of alkyl halides is 1. The highest BCUT2D eigenvalue weighted by Crippen LogP contribution is 2.33. The van der Waals surface area contributed by atoms with E-state index >= 15 is 0 Å². The molecule has 2 aromatic carbocycles. The molecule has 2 saturated heterocycles. The molecule has 2 aromatic rings. The van der Waals surface area contributed by atoms with Crippen molar-refractivity contribution in [3.63, 3.8) is 0 Å². The largest absolute Gasteiger partial charge is 0.508 e. The SMILES string of the molecule is Cc1cccc(CN2CCC(N3CCC(c4ccc(O)cc4)C(F)C3)C2=O)c1. The van der Waals surface area contributed by atoms with Crippen molar-refractivity contribution in [2.24, 2.45) is 0 Å². The van der Waals surface area contributed by atoms with Crippen molar-refractivity contribution in [1.82, 2.24) is 9.80 Å². The fourth-order valence-corrected chi connectivity index (χ4v) is 4.56. The van der Waals surface area contributed by atoms with Gasteiger partial charge in [0.05, 0.1) is 6.04 Å². The Hall–Kier alpha value is -2.40. The van der Waals surface area contributed by atoms with E-state index in [0.29, 0.717) is 19.5 Å². The number of rotatable bonds is 4. The Bertz CT molecular complexity index is 839. The molecule has 1 amide bonds. The zero-order chi connectivity index (χ0) is 19.7. The third-order valence-electron chi connectivity index (χ3n) is 6.06. The molecule has 0 saturated carbocycles. The molecule has 0 aromatic heterocycles. The van der Waals surface area contributed by atoms with Gasteiger partial charge >= 0.3 is 0 Å². The molecular formula is C23H27FN2O2. The Kier molecular flexibility index (Phi) is 5.36. The normalized spacial score (nSPS) is 26.0. The Morgan fingerprint density at radius 2 is 1.89 bits per heavy atom. The molecule has 28 heavy (non-hydrogen) atoms. The quantitative estimate of drug-likeness (QED) is 0.878. The molecule has 4 nitrogen and oxygen atoms in total. The Morgan fingerprint density at radius 3 is 2.61 bits per heavy atom. The molecule has 1 N–H and O–H groups in total. The van der Waals surface area contributed by atoms with Gasteiger partial charge in [-0.1, -0.05) is 42.0 Å². The number of aryl methyl sites for hydroxylation is 1. The van der Waals surface area contributed by atoms with Crippen LogP contribution in [0.25, 0.3) is 0 Å². The van der Waals surface area contributed by atoms with Crippen molar-refractivity contribution in [3.8, 4) is 5.75 Å². The zero-order valence-electron chi connectivity index (χ0n) is 16.2. The predicted molar refractivity (Wildman–Crippen MR) is 107 cm³/mol. The van der Waals surface area contributed by atoms with Crippen molar-refractivity contribution in [1.29, 1.82) is 0 Å². The highest BCUT2D eigenvalue weighted by Gasteiger charge is 2.40. The van der Waals surface area contributed by atoms with Crippen LogP contribution in [0.5, 0.6) is 5.75 Å². The molecule has 4 rings (SSSR count). The summed E-state index contributed by atoms with van der Waals surface area (Å²) in [7, 11) is 0. The minimum atomic E-state index is -1.00. The highest BCUT2D eigenvalue weighted by atomic mass is 19.1. The van der Waals surface area contributed by atoms with E-state index in [9.17, 15) is 14.3 Å². The van der Waals surface area contributed by atoms with E-state index in [4.69, 9.17) is 0 Å². The number of likely N-dealkylation sites (tertiary alicyclic amines) is 2. The summed E-state index contributed by atoms with van der Waals surface area (Å²) >= 11 is 0. The molecule has 2 heterocycles. The van der Waals surface area contributed by atoms with Crippen LogP contribution in [-0.2, 0) is 11.3 Å². The number of nitrogens with zero attached hydrogens (tertiary/aromatic N) is 2. The van der Waals surface area contributed by atoms with Gasteiger partial charge in [-0.25, -0.2) is 4.39 Å². The Balaban J connectivity index is 1.38. The van der Waals surface area contributed by atoms with Crippen molar-refractivity contribution < 1.29 is 14.3 Å². The molecule has 2 aliphatic heterocycles. The average Bonchev–Trinajstić information content (AvgIpc) is 3.03. The van der Waals surface area contributed by atoms with Crippen molar-refractivity contribution in [2.45, 2.75) is 44.4 Å². The number of hydrogen-bond acceptors (Lipinski definition) is 3. The summed E-state index contributed by atoms with van der Waals surface area (Å²) in [5.41, 5.74) is 3.25. The molecule has 3 atom stereocenters. The van der Waals surface area contributed by atoms with E-state index in [1.54, 1.807) is 24.3 Å². The van der Waals surface area contributed by atoms with E-state index in [1.807, 2.05) is 21.9 Å². The third kappa shape index (κ3) is 3.90. The van der Waals surface area contributed by atoms with Gasteiger partial charge in [-0.05, 0) is 49.6 Å². The van der Waals surface area contributed by atoms with Crippen LogP contribution in [0.2, 0.25) is 0 Å². The summed E-state index contributed by atoms with van der Waals surface area (Å²) in [6.07, 6.45) is 0.450. The third-order valence-corrected chi connectivity index (χ3v) is 6.06. The summed E-state index contributed by atoms with van der Waals surface area (Å²) in [4.78, 5) is 16.9. The maximum Gasteiger partial charge on any atom is 0.240 e. The fraction of sp³-hybridized carbons (Fsp3) is 0.435. The zero-order valence-corrected chi connectivity index (χ0v) is 16.2. The second-order valence-corrected chi connectivity index (χ2v) is 8.05. The fourth-order valence-electron chi connectivity index (χ4n) is 4.56. The summed E-state index contributed by atoms with van der Waals surface area (Å²) in [6.45, 7) is 4.42. The lowest BCUT2D eigenvalue weighted by Crippen LogP contribution is -2.49. The van der Waals surface area contributed by atoms with Gasteiger partial charge in [0.15, 0.2) is 0 Å². The minimum absolute atomic E-state index is 0.122. The van der Waals surface area contributed by atoms with E-state index in [-0.39, 0.29) is 23.6 Å². The molecule has 5 heteroatoms. The monoisotopic (exact) mass is 382 g/mol. The molecule has 2 aliphatic rings. The smallest absolute Gasteiger partial charge is 0.240 e. The number of amides is 1. The van der Waals surface area contributed by atoms with Crippen molar-refractivity contribution in [3.05, 3.63) is 65.2 Å². The minimum Gasteiger partial charge on any atom is -0.508 e. The van der Waals surface area contributed by atoms with Gasteiger partial charge in [-0.15, -0.1) is 0 Å². The lowest BCUT2D eigenvalue weighted by atomic mass is 9.87. The topological polar surface area (TPSA) is 43.8 Å². The van der Waals surface area contributed by atoms with Crippen LogP contribution < -0.4 is 0 Å². The Labute approximate surface area is 165 Å². The molecule has 0 aliphatic carbocycles. The summed E-state index contributed by atoms with van der Waals surface area (Å²) in [5.74, 6) is 0.149. The van der Waals surface area contributed by atoms with Crippen LogP contribution in [0.4, 0.5) is 4.39 Å². The van der Waals surface area contributed by atoms with Crippen molar-refractivity contribution >= 4 is 5.91 Å². The molecule has 0 bridgehead atoms. The van der Waals surface area contributed by atoms with Crippen LogP contribution in [-0.4, -0.2) is 52.7 Å². The van der Waals surface area contributed by atoms with Gasteiger partial charge in [0, 0.05) is 25.6 Å². The molecule has 2 fully saturated rings. The molecule has 0 spiro atoms. The number of piperidine rings is 1. The van der Waals surface area contributed by atoms with Crippen LogP contribution in [0, 0.1) is 6.92 Å². The van der Waals surface area contributed by atoms with Crippen LogP contribution >= 0.6 is 0 Å². The first-order valence-corrected chi connectivity index (χ1v) is 10.0. The lowest BCUT2D eigenvalue weighted by molar-refractivity contribution is -0.133. The van der Waals surface area contributed by atoms with Gasteiger partial charge in [-0.3, -0.25) is 9.69 Å². The molecule has 148 valence electrons. The summed E-state index contributed by atoms with van der Waals surface area (Å²) in [5, 5.41) is 9.44. The van der Waals surface area contributed by atoms with E-state index < -0.39 is 6.17 Å². The average molecular weight is 382 g/mol. The second kappa shape index (κ2) is 7.92. The van der Waals surface area contributed by atoms with E-state index in [1.165, 1.54) is 5.56 Å². The summed E-state index contributed by atoms with van der Waals surface area (Å²) in [6, 6.07) is 14.8. The first-order chi connectivity index (χ1) is 13.5. The highest BCUT2D eigenvalue weighted by molar-refractivity contribution is 5.84. The summed E-state index contributed by atoms with van der Waals surface area (Å²) < 4.78 is 14.9. The van der Waals surface area contributed by atoms with Gasteiger partial charge in [0.1, 0.15) is 11.9 Å². The van der Waals surface area contributed by atoms with Gasteiger partial charge in [0.2, 0.25) is 5.91 Å². The van der Waals surface area contributed by atoms with Crippen LogP contribution in [0.15, 0.2) is 48.5 Å². The van der Waals surface area contributed by atoms with Gasteiger partial charge < -0.3 is 10.0 Å². The predicted octanol–water partition coefficient (Wildman–Crippen LogP) is 3.63. The number of benzene rings is 2. The molecule has 0 radical (unpaired) electrons. The maximum atomic E-state index is 14.9. The number of carbonyl (C=O) groups excluding carboxylic acids is 1. The van der Waals surface area contributed by atoms with Gasteiger partial charge in [0.25, 0.3) is 0 Å². The van der Waals surface area contributed by atoms with Crippen LogP contribution in [0.1, 0.15) is 35.4 Å². The first-order valence-electron chi connectivity index (χ1n) is 10.0. The van der Waals surface area contributed by atoms with E-state index in [0.717, 1.165) is 30.6 Å². The maximum absolute atomic E-state index is 14.9. The second-order valence-electron chi connectivity index (χ2n) is 8.05. The van der Waals surface area contributed by atoms with Crippen LogP contribution in [0.3, 0.4) is 0 Å². The number of phenols is 1. The number of phenolic OH excluding ortho intramolecular Hbond substituents is 1. The number of aromatic hydroxyl groups is 1. The first kappa shape index (κ1) is 18.9. The Morgan fingerprint density at radius 1 is 1.11 bits per heavy atom. The number of carbonyl (C=O) groups is 1. The number of halogens is 1. The lowest BCUT2D eigenvalue weighted by Gasteiger charge is -2.37.